The molecule has 1 unspecified atom stereocenters. The van der Waals surface area contributed by atoms with Crippen LogP contribution in [0.4, 0.5) is 14.5 Å². The molecule has 0 saturated heterocycles. The molecule has 8 heteroatoms. The molecule has 0 bridgehead atoms. The van der Waals surface area contributed by atoms with Gasteiger partial charge in [0.1, 0.15) is 0 Å². The fraction of sp³-hybridized carbons (Fsp3) is 0.417. The van der Waals surface area contributed by atoms with Crippen LogP contribution in [0.3, 0.4) is 0 Å². The van der Waals surface area contributed by atoms with Crippen molar-refractivity contribution in [2.75, 3.05) is 5.32 Å². The fourth-order valence-corrected chi connectivity index (χ4v) is 2.13. The van der Waals surface area contributed by atoms with Crippen LogP contribution in [0, 0.1) is 0 Å². The van der Waals surface area contributed by atoms with Crippen LogP contribution < -0.4 is 11.1 Å². The highest BCUT2D eigenvalue weighted by molar-refractivity contribution is 7.91. The third kappa shape index (κ3) is 4.53. The summed E-state index contributed by atoms with van der Waals surface area (Å²) in [6, 6.07) is 4.49. The van der Waals surface area contributed by atoms with Gasteiger partial charge in [0.05, 0.1) is 4.90 Å². The lowest BCUT2D eigenvalue weighted by Crippen LogP contribution is -2.19. The molecule has 5 nitrogen and oxygen atoms in total. The first-order valence-electron chi connectivity index (χ1n) is 5.91. The lowest BCUT2D eigenvalue weighted by atomic mass is 10.2. The third-order valence-electron chi connectivity index (χ3n) is 2.53. The Hall–Kier alpha value is -1.54. The van der Waals surface area contributed by atoms with E-state index in [1.807, 2.05) is 0 Å². The summed E-state index contributed by atoms with van der Waals surface area (Å²) in [6.07, 6.45) is 0.748. The van der Waals surface area contributed by atoms with Crippen LogP contribution >= 0.6 is 0 Å². The fourth-order valence-electron chi connectivity index (χ4n) is 1.41. The minimum absolute atomic E-state index is 0.0979. The van der Waals surface area contributed by atoms with Gasteiger partial charge in [0, 0.05) is 18.2 Å². The Bertz CT molecular complexity index is 557. The molecule has 3 N–H and O–H groups in total. The molecular weight excluding hydrogens is 290 g/mol. The van der Waals surface area contributed by atoms with Crippen LogP contribution in [0.5, 0.6) is 0 Å². The number of nitrogens with one attached hydrogen (secondary N) is 1. The summed E-state index contributed by atoms with van der Waals surface area (Å²) < 4.78 is 47.0. The van der Waals surface area contributed by atoms with Gasteiger partial charge in [0.2, 0.25) is 15.7 Å². The molecule has 0 aromatic heterocycles. The second kappa shape index (κ2) is 6.76. The number of anilines is 1. The van der Waals surface area contributed by atoms with Crippen molar-refractivity contribution in [1.29, 1.82) is 0 Å². The SMILES string of the molecule is CC(N)CCC(=O)Nc1ccc(S(=O)(=O)C(F)F)cc1. The number of hydrogen-bond donors (Lipinski definition) is 2. The number of hydrogen-bond acceptors (Lipinski definition) is 4. The number of nitrogens with two attached hydrogens (primary N) is 1. The van der Waals surface area contributed by atoms with E-state index in [9.17, 15) is 22.0 Å². The van der Waals surface area contributed by atoms with Crippen LogP contribution in [0.25, 0.3) is 0 Å². The molecule has 0 saturated carbocycles. The predicted molar refractivity (Wildman–Crippen MR) is 71.1 cm³/mol. The van der Waals surface area contributed by atoms with E-state index in [2.05, 4.69) is 5.32 Å². The molecule has 1 aromatic rings. The minimum Gasteiger partial charge on any atom is -0.328 e. The lowest BCUT2D eigenvalue weighted by molar-refractivity contribution is -0.116. The molecule has 0 heterocycles. The lowest BCUT2D eigenvalue weighted by Gasteiger charge is -2.08. The predicted octanol–water partition coefficient (Wildman–Crippen LogP) is 1.75. The van der Waals surface area contributed by atoms with E-state index in [0.29, 0.717) is 12.1 Å². The van der Waals surface area contributed by atoms with Crippen LogP contribution in [-0.2, 0) is 14.6 Å². The summed E-state index contributed by atoms with van der Waals surface area (Å²) in [5.41, 5.74) is 5.85. The number of sulfone groups is 1. The normalized spacial score (nSPS) is 13.2. The summed E-state index contributed by atoms with van der Waals surface area (Å²) in [5.74, 6) is -3.74. The van der Waals surface area contributed by atoms with Gasteiger partial charge in [-0.3, -0.25) is 4.79 Å². The number of rotatable bonds is 6. The zero-order chi connectivity index (χ0) is 15.3. The number of carbonyl (C=O) groups is 1. The van der Waals surface area contributed by atoms with E-state index in [-0.39, 0.29) is 18.4 Å². The molecule has 20 heavy (non-hydrogen) atoms. The monoisotopic (exact) mass is 306 g/mol. The Balaban J connectivity index is 2.71. The first-order valence-corrected chi connectivity index (χ1v) is 7.45. The molecule has 0 aliphatic carbocycles. The molecule has 0 fully saturated rings. The molecule has 0 aliphatic rings. The number of alkyl halides is 2. The summed E-state index contributed by atoms with van der Waals surface area (Å²) in [7, 11) is -4.61. The molecule has 0 spiro atoms. The van der Waals surface area contributed by atoms with Crippen molar-refractivity contribution in [3.05, 3.63) is 24.3 Å². The summed E-state index contributed by atoms with van der Waals surface area (Å²) in [5, 5.41) is 2.53. The summed E-state index contributed by atoms with van der Waals surface area (Å²) in [4.78, 5) is 11.0. The highest BCUT2D eigenvalue weighted by Gasteiger charge is 2.26. The smallest absolute Gasteiger partial charge is 0.328 e. The van der Waals surface area contributed by atoms with Gasteiger partial charge in [0.25, 0.3) is 0 Å². The first-order chi connectivity index (χ1) is 9.23. The summed E-state index contributed by atoms with van der Waals surface area (Å²) >= 11 is 0. The molecule has 112 valence electrons. The zero-order valence-corrected chi connectivity index (χ0v) is 11.7. The van der Waals surface area contributed by atoms with E-state index < -0.39 is 20.5 Å². The zero-order valence-electron chi connectivity index (χ0n) is 10.8. The van der Waals surface area contributed by atoms with Crippen molar-refractivity contribution >= 4 is 21.4 Å². The van der Waals surface area contributed by atoms with Crippen molar-refractivity contribution < 1.29 is 22.0 Å². The second-order valence-corrected chi connectivity index (χ2v) is 6.31. The Morgan fingerprint density at radius 3 is 2.30 bits per heavy atom. The molecular formula is C12H16F2N2O3S. The third-order valence-corrected chi connectivity index (χ3v) is 3.93. The Morgan fingerprint density at radius 2 is 1.85 bits per heavy atom. The maximum absolute atomic E-state index is 12.3. The van der Waals surface area contributed by atoms with Gasteiger partial charge in [-0.15, -0.1) is 0 Å². The topological polar surface area (TPSA) is 89.3 Å². The van der Waals surface area contributed by atoms with Crippen molar-refractivity contribution in [2.45, 2.75) is 36.5 Å². The van der Waals surface area contributed by atoms with Gasteiger partial charge >= 0.3 is 5.76 Å². The Kier molecular flexibility index (Phi) is 5.58. The molecule has 1 atom stereocenters. The van der Waals surface area contributed by atoms with Gasteiger partial charge in [0.15, 0.2) is 0 Å². The number of benzene rings is 1. The second-order valence-electron chi connectivity index (χ2n) is 4.39. The average Bonchev–Trinajstić information content (AvgIpc) is 2.37. The van der Waals surface area contributed by atoms with E-state index in [4.69, 9.17) is 5.73 Å². The van der Waals surface area contributed by atoms with Gasteiger partial charge in [-0.05, 0) is 37.6 Å². The van der Waals surface area contributed by atoms with Gasteiger partial charge < -0.3 is 11.1 Å². The average molecular weight is 306 g/mol. The first kappa shape index (κ1) is 16.5. The summed E-state index contributed by atoms with van der Waals surface area (Å²) in [6.45, 7) is 1.78. The minimum atomic E-state index is -4.61. The molecule has 1 amide bonds. The largest absolute Gasteiger partial charge is 0.341 e. The molecule has 0 radical (unpaired) electrons. The van der Waals surface area contributed by atoms with Crippen LogP contribution in [0.1, 0.15) is 19.8 Å². The van der Waals surface area contributed by atoms with Crippen LogP contribution in [0.15, 0.2) is 29.2 Å². The van der Waals surface area contributed by atoms with E-state index in [1.54, 1.807) is 6.92 Å². The van der Waals surface area contributed by atoms with E-state index in [1.165, 1.54) is 12.1 Å². The van der Waals surface area contributed by atoms with Crippen molar-refractivity contribution in [2.24, 2.45) is 5.73 Å². The van der Waals surface area contributed by atoms with E-state index in [0.717, 1.165) is 12.1 Å². The highest BCUT2D eigenvalue weighted by atomic mass is 32.2. The van der Waals surface area contributed by atoms with Crippen LogP contribution in [0.2, 0.25) is 0 Å². The Morgan fingerprint density at radius 1 is 1.30 bits per heavy atom. The molecule has 1 aromatic carbocycles. The van der Waals surface area contributed by atoms with Crippen molar-refractivity contribution in [3.8, 4) is 0 Å². The van der Waals surface area contributed by atoms with Crippen molar-refractivity contribution in [1.82, 2.24) is 0 Å². The van der Waals surface area contributed by atoms with Gasteiger partial charge in [-0.25, -0.2) is 8.42 Å². The Labute approximate surface area is 116 Å². The maximum atomic E-state index is 12.3. The molecule has 1 rings (SSSR count). The van der Waals surface area contributed by atoms with Crippen LogP contribution in [-0.4, -0.2) is 26.1 Å². The number of carbonyl (C=O) groups excluding carboxylic acids is 1. The van der Waals surface area contributed by atoms with Gasteiger partial charge in [-0.1, -0.05) is 0 Å². The standard InChI is InChI=1S/C12H16F2N2O3S/c1-8(15)2-7-11(17)16-9-3-5-10(6-4-9)20(18,19)12(13)14/h3-6,8,12H,2,7,15H2,1H3,(H,16,17). The maximum Gasteiger partial charge on any atom is 0.341 e. The van der Waals surface area contributed by atoms with Crippen molar-refractivity contribution in [3.63, 3.8) is 0 Å². The molecule has 0 aliphatic heterocycles. The quantitative estimate of drug-likeness (QED) is 0.838. The number of amides is 1. The highest BCUT2D eigenvalue weighted by Crippen LogP contribution is 2.20. The van der Waals surface area contributed by atoms with Gasteiger partial charge in [-0.2, -0.15) is 8.78 Å². The van der Waals surface area contributed by atoms with E-state index >= 15 is 0 Å². The number of halogens is 2.